The molecule has 0 bridgehead atoms. The minimum absolute atomic E-state index is 0.138. The second kappa shape index (κ2) is 7.56. The van der Waals surface area contributed by atoms with Gasteiger partial charge in [-0.1, -0.05) is 30.3 Å². The fraction of sp³-hybridized carbons (Fsp3) is 0.0667. The van der Waals surface area contributed by atoms with Crippen LogP contribution in [0.5, 0.6) is 0 Å². The fourth-order valence-electron chi connectivity index (χ4n) is 5.40. The Bertz CT molecular complexity index is 1820. The van der Waals surface area contributed by atoms with Gasteiger partial charge in [0.2, 0.25) is 0 Å². The van der Waals surface area contributed by atoms with Crippen molar-refractivity contribution in [1.29, 1.82) is 0 Å². The lowest BCUT2D eigenvalue weighted by Gasteiger charge is -2.31. The first kappa shape index (κ1) is 21.4. The minimum atomic E-state index is -0.618. The molecule has 37 heavy (non-hydrogen) atoms. The smallest absolute Gasteiger partial charge is 0.268 e. The number of carbonyl (C=O) groups excluding carboxylic acids is 4. The fourth-order valence-corrected chi connectivity index (χ4v) is 5.40. The van der Waals surface area contributed by atoms with Crippen LogP contribution in [0.15, 0.2) is 78.9 Å². The first-order valence-electron chi connectivity index (χ1n) is 11.9. The lowest BCUT2D eigenvalue weighted by molar-refractivity contribution is -0.0903. The third-order valence-electron chi connectivity index (χ3n) is 7.06. The Balaban J connectivity index is 1.40. The number of hydroxylamine groups is 2. The zero-order valence-electron chi connectivity index (χ0n) is 19.6. The van der Waals surface area contributed by atoms with Gasteiger partial charge in [0.15, 0.2) is 0 Å². The highest BCUT2D eigenvalue weighted by atomic mass is 16.7. The highest BCUT2D eigenvalue weighted by molar-refractivity contribution is 6.39. The molecule has 178 valence electrons. The van der Waals surface area contributed by atoms with Crippen LogP contribution in [0.4, 0.5) is 5.69 Å². The first-order valence-corrected chi connectivity index (χ1v) is 11.9. The number of anilines is 1. The molecular weight excluding hydrogens is 468 g/mol. The molecule has 2 aliphatic rings. The van der Waals surface area contributed by atoms with Crippen molar-refractivity contribution < 1.29 is 24.0 Å². The van der Waals surface area contributed by atoms with Gasteiger partial charge < -0.3 is 0 Å². The highest BCUT2D eigenvalue weighted by Crippen LogP contribution is 2.39. The van der Waals surface area contributed by atoms with Crippen molar-refractivity contribution in [3.63, 3.8) is 0 Å². The first-order chi connectivity index (χ1) is 18.0. The quantitative estimate of drug-likeness (QED) is 0.249. The van der Waals surface area contributed by atoms with E-state index in [1.807, 2.05) is 42.5 Å². The molecule has 7 rings (SSSR count). The molecule has 4 amide bonds. The average molecular weight is 486 g/mol. The zero-order valence-corrected chi connectivity index (χ0v) is 19.6. The van der Waals surface area contributed by atoms with Gasteiger partial charge in [-0.3, -0.25) is 24.0 Å². The van der Waals surface area contributed by atoms with Gasteiger partial charge in [0.25, 0.3) is 23.6 Å². The van der Waals surface area contributed by atoms with Crippen LogP contribution in [0.25, 0.3) is 32.3 Å². The number of carbonyl (C=O) groups is 4. The summed E-state index contributed by atoms with van der Waals surface area (Å²) in [5.74, 6) is -2.25. The SMILES string of the molecule is CCON1C(=O)c2ccc3c4c(ccc(c24)C1=O)C(=O)N(c1ccc2cc4ccccc4cc2c1)C3=O. The summed E-state index contributed by atoms with van der Waals surface area (Å²) >= 11 is 0. The zero-order chi connectivity index (χ0) is 25.4. The number of nitrogens with zero attached hydrogens (tertiary/aromatic N) is 2. The van der Waals surface area contributed by atoms with E-state index in [-0.39, 0.29) is 28.9 Å². The van der Waals surface area contributed by atoms with Crippen LogP contribution in [-0.2, 0) is 4.84 Å². The van der Waals surface area contributed by atoms with Gasteiger partial charge in [-0.15, -0.1) is 5.06 Å². The van der Waals surface area contributed by atoms with Gasteiger partial charge in [0, 0.05) is 21.9 Å². The monoisotopic (exact) mass is 486 g/mol. The summed E-state index contributed by atoms with van der Waals surface area (Å²) in [4.78, 5) is 59.9. The number of fused-ring (bicyclic) bond motifs is 2. The minimum Gasteiger partial charge on any atom is -0.268 e. The Morgan fingerprint density at radius 3 is 1.59 bits per heavy atom. The molecule has 0 N–H and O–H groups in total. The molecule has 0 atom stereocenters. The lowest BCUT2D eigenvalue weighted by atomic mass is 9.86. The highest BCUT2D eigenvalue weighted by Gasteiger charge is 2.40. The molecular formula is C30H18N2O5. The van der Waals surface area contributed by atoms with Crippen molar-refractivity contribution in [2.75, 3.05) is 11.5 Å². The molecule has 0 unspecified atom stereocenters. The van der Waals surface area contributed by atoms with Crippen LogP contribution < -0.4 is 4.90 Å². The lowest BCUT2D eigenvalue weighted by Crippen LogP contribution is -2.43. The summed E-state index contributed by atoms with van der Waals surface area (Å²) in [6.45, 7) is 1.82. The van der Waals surface area contributed by atoms with Crippen LogP contribution in [0, 0.1) is 0 Å². The van der Waals surface area contributed by atoms with E-state index in [9.17, 15) is 19.2 Å². The summed E-state index contributed by atoms with van der Waals surface area (Å²) < 4.78 is 0. The number of benzene rings is 5. The van der Waals surface area contributed by atoms with E-state index in [4.69, 9.17) is 4.84 Å². The maximum atomic E-state index is 13.7. The number of imide groups is 2. The van der Waals surface area contributed by atoms with Crippen molar-refractivity contribution in [1.82, 2.24) is 5.06 Å². The topological polar surface area (TPSA) is 84.0 Å². The van der Waals surface area contributed by atoms with Crippen molar-refractivity contribution in [3.8, 4) is 0 Å². The van der Waals surface area contributed by atoms with Gasteiger partial charge in [0.1, 0.15) is 0 Å². The average Bonchev–Trinajstić information content (AvgIpc) is 2.91. The molecule has 0 aromatic heterocycles. The molecule has 0 saturated heterocycles. The van der Waals surface area contributed by atoms with Crippen molar-refractivity contribution >= 4 is 61.6 Å². The molecule has 7 heteroatoms. The number of amides is 4. The summed E-state index contributed by atoms with van der Waals surface area (Å²) in [5.41, 5.74) is 1.41. The number of rotatable bonds is 3. The van der Waals surface area contributed by atoms with Crippen molar-refractivity contribution in [3.05, 3.63) is 101 Å². The maximum Gasteiger partial charge on any atom is 0.285 e. The van der Waals surface area contributed by atoms with Gasteiger partial charge in [-0.2, -0.15) is 0 Å². The van der Waals surface area contributed by atoms with E-state index < -0.39 is 23.6 Å². The third kappa shape index (κ3) is 2.86. The molecule has 2 heterocycles. The van der Waals surface area contributed by atoms with E-state index in [1.54, 1.807) is 25.1 Å². The Labute approximate surface area is 210 Å². The van der Waals surface area contributed by atoms with Crippen LogP contribution in [0.1, 0.15) is 48.4 Å². The second-order valence-electron chi connectivity index (χ2n) is 9.07. The predicted molar refractivity (Wildman–Crippen MR) is 139 cm³/mol. The summed E-state index contributed by atoms with van der Waals surface area (Å²) in [6.07, 6.45) is 0. The predicted octanol–water partition coefficient (Wildman–Crippen LogP) is 5.49. The van der Waals surface area contributed by atoms with E-state index >= 15 is 0 Å². The maximum absolute atomic E-state index is 13.7. The summed E-state index contributed by atoms with van der Waals surface area (Å²) in [6, 6.07) is 23.7. The van der Waals surface area contributed by atoms with Crippen LogP contribution in [0.3, 0.4) is 0 Å². The van der Waals surface area contributed by atoms with Crippen LogP contribution in [-0.4, -0.2) is 35.3 Å². The van der Waals surface area contributed by atoms with E-state index in [2.05, 4.69) is 6.07 Å². The van der Waals surface area contributed by atoms with E-state index in [0.717, 1.165) is 31.5 Å². The normalized spacial score (nSPS) is 14.9. The number of hydrogen-bond donors (Lipinski definition) is 0. The van der Waals surface area contributed by atoms with Crippen molar-refractivity contribution in [2.24, 2.45) is 0 Å². The van der Waals surface area contributed by atoms with Crippen LogP contribution >= 0.6 is 0 Å². The molecule has 0 radical (unpaired) electrons. The Kier molecular flexibility index (Phi) is 4.37. The van der Waals surface area contributed by atoms with Crippen molar-refractivity contribution in [2.45, 2.75) is 6.92 Å². The van der Waals surface area contributed by atoms with Gasteiger partial charge in [0.05, 0.1) is 23.4 Å². The standard InChI is InChI=1S/C30H18N2O5/c1-2-37-32-29(35)23-11-9-21-25-22(10-12-24(26(23)25)30(32)36)28(34)31(27(21)33)20-8-7-18-13-16-5-3-4-6-17(16)14-19(18)15-20/h3-15H,2H2,1H3. The Morgan fingerprint density at radius 2 is 1.05 bits per heavy atom. The molecule has 7 nitrogen and oxygen atoms in total. The molecule has 5 aromatic carbocycles. The summed E-state index contributed by atoms with van der Waals surface area (Å²) in [7, 11) is 0. The van der Waals surface area contributed by atoms with E-state index in [1.165, 1.54) is 12.1 Å². The summed E-state index contributed by atoms with van der Waals surface area (Å²) in [5, 5.41) is 5.43. The van der Waals surface area contributed by atoms with Gasteiger partial charge in [-0.25, -0.2) is 4.90 Å². The number of hydrogen-bond acceptors (Lipinski definition) is 5. The van der Waals surface area contributed by atoms with Crippen LogP contribution in [0.2, 0.25) is 0 Å². The molecule has 2 aliphatic heterocycles. The Morgan fingerprint density at radius 1 is 0.568 bits per heavy atom. The third-order valence-corrected chi connectivity index (χ3v) is 7.06. The largest absolute Gasteiger partial charge is 0.285 e. The van der Waals surface area contributed by atoms with Gasteiger partial charge >= 0.3 is 0 Å². The molecule has 5 aromatic rings. The molecule has 0 fully saturated rings. The molecule has 0 saturated carbocycles. The van der Waals surface area contributed by atoms with E-state index in [0.29, 0.717) is 16.5 Å². The second-order valence-corrected chi connectivity index (χ2v) is 9.07. The Hall–Kier alpha value is -4.88. The molecule has 0 aliphatic carbocycles. The molecule has 0 spiro atoms. The van der Waals surface area contributed by atoms with Gasteiger partial charge in [-0.05, 0) is 77.0 Å².